The standard InChI is InChI=1S/C33H36Cl2F2N4O3/c34-25-4-1-5-28(16-25)44-14-2-3-22-6-9-27(10-7-22)41-30(18-39-20-32(41)42)33(43)40(26-11-12-26)21-24-15-23(8-13-29(24)35)17-38-19-31(36)37/h1,4-10,13,15-16,26,30-31,38-39H,2-3,11-12,14,17-21H2/t30-/m1/s1. The molecule has 2 aliphatic rings. The molecule has 234 valence electrons. The number of piperazine rings is 1. The highest BCUT2D eigenvalue weighted by molar-refractivity contribution is 6.31. The summed E-state index contributed by atoms with van der Waals surface area (Å²) in [4.78, 5) is 30.6. The smallest absolute Gasteiger partial charge is 0.250 e. The van der Waals surface area contributed by atoms with Gasteiger partial charge in [0.2, 0.25) is 11.8 Å². The van der Waals surface area contributed by atoms with E-state index in [1.54, 1.807) is 29.2 Å². The van der Waals surface area contributed by atoms with Crippen LogP contribution in [0.3, 0.4) is 0 Å². The van der Waals surface area contributed by atoms with E-state index in [1.165, 1.54) is 0 Å². The van der Waals surface area contributed by atoms with E-state index in [2.05, 4.69) is 10.6 Å². The second-order valence-electron chi connectivity index (χ2n) is 11.1. The van der Waals surface area contributed by atoms with Crippen molar-refractivity contribution in [2.24, 2.45) is 0 Å². The van der Waals surface area contributed by atoms with Gasteiger partial charge in [-0.25, -0.2) is 8.78 Å². The van der Waals surface area contributed by atoms with Crippen molar-refractivity contribution in [3.05, 3.63) is 93.5 Å². The number of benzene rings is 3. The number of amides is 2. The molecule has 2 fully saturated rings. The molecule has 0 spiro atoms. The van der Waals surface area contributed by atoms with Crippen LogP contribution in [0.25, 0.3) is 0 Å². The molecule has 1 atom stereocenters. The maximum Gasteiger partial charge on any atom is 0.250 e. The third-order valence-electron chi connectivity index (χ3n) is 7.72. The Morgan fingerprint density at radius 1 is 1.07 bits per heavy atom. The second-order valence-corrected chi connectivity index (χ2v) is 12.0. The monoisotopic (exact) mass is 644 g/mol. The topological polar surface area (TPSA) is 73.9 Å². The van der Waals surface area contributed by atoms with Crippen LogP contribution in [0.2, 0.25) is 10.0 Å². The molecule has 44 heavy (non-hydrogen) atoms. The zero-order valence-corrected chi connectivity index (χ0v) is 25.8. The van der Waals surface area contributed by atoms with Crippen LogP contribution in [-0.4, -0.2) is 61.5 Å². The summed E-state index contributed by atoms with van der Waals surface area (Å²) in [5.74, 6) is 0.420. The summed E-state index contributed by atoms with van der Waals surface area (Å²) in [5.41, 5.74) is 3.33. The molecule has 0 unspecified atom stereocenters. The predicted molar refractivity (Wildman–Crippen MR) is 169 cm³/mol. The summed E-state index contributed by atoms with van der Waals surface area (Å²) >= 11 is 12.5. The molecular weight excluding hydrogens is 609 g/mol. The third kappa shape index (κ3) is 8.69. The molecule has 3 aromatic carbocycles. The molecule has 3 aromatic rings. The summed E-state index contributed by atoms with van der Waals surface area (Å²) in [6.45, 7) is 1.18. The number of carbonyl (C=O) groups is 2. The van der Waals surface area contributed by atoms with E-state index in [-0.39, 0.29) is 37.5 Å². The fourth-order valence-corrected chi connectivity index (χ4v) is 5.72. The molecule has 7 nitrogen and oxygen atoms in total. The maximum absolute atomic E-state index is 14.1. The van der Waals surface area contributed by atoms with Gasteiger partial charge < -0.3 is 20.3 Å². The lowest BCUT2D eigenvalue weighted by Gasteiger charge is -2.38. The number of carbonyl (C=O) groups excluding carboxylic acids is 2. The lowest BCUT2D eigenvalue weighted by molar-refractivity contribution is -0.136. The molecule has 0 bridgehead atoms. The minimum Gasteiger partial charge on any atom is -0.494 e. The van der Waals surface area contributed by atoms with Gasteiger partial charge in [0.25, 0.3) is 6.43 Å². The number of anilines is 1. The van der Waals surface area contributed by atoms with Gasteiger partial charge in [-0.1, -0.05) is 53.5 Å². The Bertz CT molecular complexity index is 1440. The molecule has 2 N–H and O–H groups in total. The third-order valence-corrected chi connectivity index (χ3v) is 8.32. The van der Waals surface area contributed by atoms with Gasteiger partial charge >= 0.3 is 0 Å². The highest BCUT2D eigenvalue weighted by Gasteiger charge is 2.41. The van der Waals surface area contributed by atoms with Crippen molar-refractivity contribution in [1.29, 1.82) is 0 Å². The first kappa shape index (κ1) is 32.2. The van der Waals surface area contributed by atoms with E-state index in [0.717, 1.165) is 48.1 Å². The van der Waals surface area contributed by atoms with Crippen molar-refractivity contribution in [3.8, 4) is 5.75 Å². The van der Waals surface area contributed by atoms with Crippen molar-refractivity contribution < 1.29 is 23.1 Å². The van der Waals surface area contributed by atoms with Crippen LogP contribution in [0.5, 0.6) is 5.75 Å². The van der Waals surface area contributed by atoms with Crippen LogP contribution in [0.15, 0.2) is 66.7 Å². The van der Waals surface area contributed by atoms with Crippen molar-refractivity contribution in [2.45, 2.75) is 57.3 Å². The van der Waals surface area contributed by atoms with E-state index < -0.39 is 19.0 Å². The van der Waals surface area contributed by atoms with Crippen molar-refractivity contribution in [2.75, 3.05) is 31.1 Å². The van der Waals surface area contributed by atoms with Crippen molar-refractivity contribution in [1.82, 2.24) is 15.5 Å². The average molecular weight is 646 g/mol. The molecule has 0 aromatic heterocycles. The van der Waals surface area contributed by atoms with Crippen LogP contribution in [0, 0.1) is 0 Å². The maximum atomic E-state index is 14.1. The first-order chi connectivity index (χ1) is 21.3. The molecule has 1 aliphatic carbocycles. The summed E-state index contributed by atoms with van der Waals surface area (Å²) in [6, 6.07) is 19.8. The first-order valence-corrected chi connectivity index (χ1v) is 15.6. The van der Waals surface area contributed by atoms with E-state index in [0.29, 0.717) is 28.9 Å². The highest BCUT2D eigenvalue weighted by Crippen LogP contribution is 2.32. The van der Waals surface area contributed by atoms with E-state index in [1.807, 2.05) is 47.4 Å². The van der Waals surface area contributed by atoms with Crippen LogP contribution in [-0.2, 0) is 29.1 Å². The van der Waals surface area contributed by atoms with Gasteiger partial charge in [0.15, 0.2) is 0 Å². The van der Waals surface area contributed by atoms with Gasteiger partial charge in [-0.15, -0.1) is 0 Å². The normalized spacial score (nSPS) is 16.8. The van der Waals surface area contributed by atoms with E-state index >= 15 is 0 Å². The fourth-order valence-electron chi connectivity index (χ4n) is 5.37. The van der Waals surface area contributed by atoms with Gasteiger partial charge in [0, 0.05) is 41.4 Å². The Balaban J connectivity index is 1.24. The summed E-state index contributed by atoms with van der Waals surface area (Å²) in [6.07, 6.45) is 0.926. The van der Waals surface area contributed by atoms with Crippen LogP contribution >= 0.6 is 23.2 Å². The Hall–Kier alpha value is -3.24. The molecule has 1 aliphatic heterocycles. The number of rotatable bonds is 14. The molecule has 1 saturated heterocycles. The predicted octanol–water partition coefficient (Wildman–Crippen LogP) is 5.86. The lowest BCUT2D eigenvalue weighted by Crippen LogP contribution is -2.61. The second kappa shape index (κ2) is 15.2. The molecule has 11 heteroatoms. The Labute approximate surface area is 266 Å². The SMILES string of the molecule is O=C([C@H]1CNCC(=O)N1c1ccc(CCCOc2cccc(Cl)c2)cc1)N(Cc1cc(CNCC(F)F)ccc1Cl)C1CC1. The summed E-state index contributed by atoms with van der Waals surface area (Å²) in [5, 5.41) is 6.97. The number of hydrogen-bond donors (Lipinski definition) is 2. The average Bonchev–Trinajstić information content (AvgIpc) is 3.85. The van der Waals surface area contributed by atoms with Gasteiger partial charge in [-0.2, -0.15) is 0 Å². The molecule has 1 saturated carbocycles. The number of nitrogens with one attached hydrogen (secondary N) is 2. The summed E-state index contributed by atoms with van der Waals surface area (Å²) < 4.78 is 30.9. The van der Waals surface area contributed by atoms with Crippen molar-refractivity contribution in [3.63, 3.8) is 0 Å². The van der Waals surface area contributed by atoms with Crippen molar-refractivity contribution >= 4 is 40.7 Å². The quantitative estimate of drug-likeness (QED) is 0.215. The van der Waals surface area contributed by atoms with Gasteiger partial charge in [0.1, 0.15) is 11.8 Å². The molecule has 2 amide bonds. The number of halogens is 4. The number of aryl methyl sites for hydroxylation is 1. The zero-order valence-electron chi connectivity index (χ0n) is 24.3. The van der Waals surface area contributed by atoms with Crippen LogP contribution in [0.4, 0.5) is 14.5 Å². The van der Waals surface area contributed by atoms with Crippen LogP contribution in [0.1, 0.15) is 36.0 Å². The number of hydrogen-bond acceptors (Lipinski definition) is 5. The van der Waals surface area contributed by atoms with Gasteiger partial charge in [0.05, 0.1) is 19.7 Å². The number of ether oxygens (including phenoxy) is 1. The van der Waals surface area contributed by atoms with E-state index in [9.17, 15) is 18.4 Å². The molecule has 0 radical (unpaired) electrons. The Morgan fingerprint density at radius 2 is 1.84 bits per heavy atom. The first-order valence-electron chi connectivity index (χ1n) is 14.8. The number of alkyl halides is 2. The van der Waals surface area contributed by atoms with Gasteiger partial charge in [-0.05, 0) is 78.8 Å². The minimum absolute atomic E-state index is 0.0644. The number of nitrogens with zero attached hydrogens (tertiary/aromatic N) is 2. The highest BCUT2D eigenvalue weighted by atomic mass is 35.5. The van der Waals surface area contributed by atoms with Crippen LogP contribution < -0.4 is 20.3 Å². The minimum atomic E-state index is -2.43. The Morgan fingerprint density at radius 3 is 2.57 bits per heavy atom. The van der Waals surface area contributed by atoms with Gasteiger partial charge in [-0.3, -0.25) is 14.5 Å². The van der Waals surface area contributed by atoms with E-state index in [4.69, 9.17) is 27.9 Å². The lowest BCUT2D eigenvalue weighted by atomic mass is 10.1. The molecule has 1 heterocycles. The zero-order chi connectivity index (χ0) is 31.1. The summed E-state index contributed by atoms with van der Waals surface area (Å²) in [7, 11) is 0. The molecular formula is C33H36Cl2F2N4O3. The molecule has 5 rings (SSSR count). The fraction of sp³-hybridized carbons (Fsp3) is 0.394. The largest absolute Gasteiger partial charge is 0.494 e. The Kier molecular flexibility index (Phi) is 11.1.